The third-order valence-electron chi connectivity index (χ3n) is 2.84. The number of aliphatic carboxylic acids is 1. The smallest absolute Gasteiger partial charge is 0.306 e. The maximum atomic E-state index is 12.3. The first-order valence-electron chi connectivity index (χ1n) is 5.92. The Morgan fingerprint density at radius 3 is 2.90 bits per heavy atom. The molecule has 0 spiro atoms. The zero-order valence-corrected chi connectivity index (χ0v) is 11.9. The number of hydrogen-bond donors (Lipinski definition) is 1. The summed E-state index contributed by atoms with van der Waals surface area (Å²) >= 11 is 11.7. The van der Waals surface area contributed by atoms with Gasteiger partial charge in [-0.1, -0.05) is 23.2 Å². The second kappa shape index (κ2) is 6.39. The molecule has 0 aromatic carbocycles. The summed E-state index contributed by atoms with van der Waals surface area (Å²) in [6, 6.07) is 2.99. The number of pyridine rings is 1. The van der Waals surface area contributed by atoms with Gasteiger partial charge in [-0.25, -0.2) is 4.98 Å². The lowest BCUT2D eigenvalue weighted by atomic mass is 10.2. The molecule has 1 aliphatic rings. The summed E-state index contributed by atoms with van der Waals surface area (Å²) in [7, 11) is 0. The summed E-state index contributed by atoms with van der Waals surface area (Å²) in [4.78, 5) is 28.4. The van der Waals surface area contributed by atoms with E-state index in [9.17, 15) is 9.59 Å². The molecule has 1 unspecified atom stereocenters. The highest BCUT2D eigenvalue weighted by atomic mass is 35.5. The summed E-state index contributed by atoms with van der Waals surface area (Å²) in [6.07, 6.45) is -0.677. The quantitative estimate of drug-likeness (QED) is 0.858. The van der Waals surface area contributed by atoms with Crippen LogP contribution in [0.15, 0.2) is 12.1 Å². The van der Waals surface area contributed by atoms with Gasteiger partial charge < -0.3 is 14.7 Å². The number of carbonyl (C=O) groups excluding carboxylic acids is 1. The largest absolute Gasteiger partial charge is 0.481 e. The van der Waals surface area contributed by atoms with Crippen LogP contribution in [0.1, 0.15) is 16.9 Å². The highest BCUT2D eigenvalue weighted by Crippen LogP contribution is 2.20. The molecule has 2 rings (SSSR count). The van der Waals surface area contributed by atoms with Crippen LogP contribution in [0.3, 0.4) is 0 Å². The van der Waals surface area contributed by atoms with Crippen LogP contribution in [0, 0.1) is 0 Å². The number of halogens is 2. The highest BCUT2D eigenvalue weighted by molar-refractivity contribution is 6.34. The van der Waals surface area contributed by atoms with E-state index in [0.717, 1.165) is 0 Å². The van der Waals surface area contributed by atoms with Crippen molar-refractivity contribution < 1.29 is 19.4 Å². The molecule has 1 aromatic rings. The number of rotatable bonds is 3. The fourth-order valence-corrected chi connectivity index (χ4v) is 2.27. The van der Waals surface area contributed by atoms with E-state index in [1.54, 1.807) is 0 Å². The Kier molecular flexibility index (Phi) is 4.80. The van der Waals surface area contributed by atoms with Crippen molar-refractivity contribution >= 4 is 35.1 Å². The SMILES string of the molecule is O=C(O)CC1CN(C(=O)c2nc(Cl)ccc2Cl)CCO1. The molecule has 1 atom stereocenters. The number of nitrogens with zero attached hydrogens (tertiary/aromatic N) is 2. The van der Waals surface area contributed by atoms with Crippen LogP contribution in [-0.4, -0.2) is 52.7 Å². The lowest BCUT2D eigenvalue weighted by Crippen LogP contribution is -2.46. The Labute approximate surface area is 125 Å². The van der Waals surface area contributed by atoms with Gasteiger partial charge in [0.25, 0.3) is 5.91 Å². The number of carbonyl (C=O) groups is 2. The molecule has 2 heterocycles. The molecule has 1 aliphatic heterocycles. The number of morpholine rings is 1. The number of carboxylic acid groups (broad SMARTS) is 1. The third kappa shape index (κ3) is 3.59. The summed E-state index contributed by atoms with van der Waals surface area (Å²) in [6.45, 7) is 0.830. The minimum absolute atomic E-state index is 0.0649. The third-order valence-corrected chi connectivity index (χ3v) is 3.36. The molecule has 1 fully saturated rings. The zero-order valence-electron chi connectivity index (χ0n) is 10.4. The first kappa shape index (κ1) is 15.0. The maximum absolute atomic E-state index is 12.3. The Bertz CT molecular complexity index is 538. The van der Waals surface area contributed by atoms with Crippen molar-refractivity contribution in [2.45, 2.75) is 12.5 Å². The number of aromatic nitrogens is 1. The van der Waals surface area contributed by atoms with Gasteiger partial charge in [-0.05, 0) is 12.1 Å². The van der Waals surface area contributed by atoms with Crippen molar-refractivity contribution in [2.24, 2.45) is 0 Å². The standard InChI is InChI=1S/C12H12Cl2N2O4/c13-8-1-2-9(14)15-11(8)12(19)16-3-4-20-7(6-16)5-10(17)18/h1-2,7H,3-6H2,(H,17,18). The van der Waals surface area contributed by atoms with E-state index in [0.29, 0.717) is 6.54 Å². The van der Waals surface area contributed by atoms with Gasteiger partial charge in [0.15, 0.2) is 0 Å². The van der Waals surface area contributed by atoms with Crippen molar-refractivity contribution in [1.29, 1.82) is 0 Å². The normalized spacial score (nSPS) is 18.9. The van der Waals surface area contributed by atoms with Gasteiger partial charge >= 0.3 is 5.97 Å². The van der Waals surface area contributed by atoms with Crippen molar-refractivity contribution in [3.63, 3.8) is 0 Å². The second-order valence-corrected chi connectivity index (χ2v) is 5.10. The van der Waals surface area contributed by atoms with Crippen molar-refractivity contribution in [3.8, 4) is 0 Å². The predicted octanol–water partition coefficient (Wildman–Crippen LogP) is 1.70. The molecule has 20 heavy (non-hydrogen) atoms. The number of hydrogen-bond acceptors (Lipinski definition) is 4. The summed E-state index contributed by atoms with van der Waals surface area (Å²) < 4.78 is 5.30. The van der Waals surface area contributed by atoms with Crippen LogP contribution in [0.4, 0.5) is 0 Å². The molecular formula is C12H12Cl2N2O4. The van der Waals surface area contributed by atoms with Gasteiger partial charge in [-0.3, -0.25) is 9.59 Å². The van der Waals surface area contributed by atoms with Crippen LogP contribution in [0.25, 0.3) is 0 Å². The van der Waals surface area contributed by atoms with E-state index >= 15 is 0 Å². The fraction of sp³-hybridized carbons (Fsp3) is 0.417. The maximum Gasteiger partial charge on any atom is 0.306 e. The summed E-state index contributed by atoms with van der Waals surface area (Å²) in [5.74, 6) is -1.35. The molecule has 108 valence electrons. The van der Waals surface area contributed by atoms with E-state index in [4.69, 9.17) is 33.0 Å². The van der Waals surface area contributed by atoms with E-state index in [-0.39, 0.29) is 41.3 Å². The van der Waals surface area contributed by atoms with Crippen LogP contribution in [0.2, 0.25) is 10.2 Å². The van der Waals surface area contributed by atoms with E-state index in [2.05, 4.69) is 4.98 Å². The highest BCUT2D eigenvalue weighted by Gasteiger charge is 2.28. The lowest BCUT2D eigenvalue weighted by molar-refractivity contribution is -0.141. The monoisotopic (exact) mass is 318 g/mol. The van der Waals surface area contributed by atoms with Gasteiger partial charge in [-0.2, -0.15) is 0 Å². The Balaban J connectivity index is 2.12. The Hall–Kier alpha value is -1.37. The topological polar surface area (TPSA) is 79.7 Å². The van der Waals surface area contributed by atoms with Crippen molar-refractivity contribution in [1.82, 2.24) is 9.88 Å². The zero-order chi connectivity index (χ0) is 14.7. The first-order chi connectivity index (χ1) is 9.47. The van der Waals surface area contributed by atoms with Crippen LogP contribution in [-0.2, 0) is 9.53 Å². The number of ether oxygens (including phenoxy) is 1. The molecule has 0 radical (unpaired) electrons. The van der Waals surface area contributed by atoms with E-state index in [1.807, 2.05) is 0 Å². The van der Waals surface area contributed by atoms with E-state index < -0.39 is 12.1 Å². The van der Waals surface area contributed by atoms with E-state index in [1.165, 1.54) is 17.0 Å². The molecule has 0 aliphatic carbocycles. The van der Waals surface area contributed by atoms with Crippen LogP contribution < -0.4 is 0 Å². The summed E-state index contributed by atoms with van der Waals surface area (Å²) in [5.41, 5.74) is 0.0649. The van der Waals surface area contributed by atoms with Gasteiger partial charge in [0.05, 0.1) is 24.2 Å². The van der Waals surface area contributed by atoms with Gasteiger partial charge in [0, 0.05) is 13.1 Å². The number of amides is 1. The van der Waals surface area contributed by atoms with Crippen LogP contribution >= 0.6 is 23.2 Å². The second-order valence-electron chi connectivity index (χ2n) is 4.31. The van der Waals surface area contributed by atoms with Crippen molar-refractivity contribution in [3.05, 3.63) is 28.0 Å². The molecule has 1 aromatic heterocycles. The molecule has 1 N–H and O–H groups in total. The van der Waals surface area contributed by atoms with Gasteiger partial charge in [-0.15, -0.1) is 0 Å². The fourth-order valence-electron chi connectivity index (χ4n) is 1.94. The average molecular weight is 319 g/mol. The van der Waals surface area contributed by atoms with Gasteiger partial charge in [0.2, 0.25) is 0 Å². The molecule has 6 nitrogen and oxygen atoms in total. The lowest BCUT2D eigenvalue weighted by Gasteiger charge is -2.32. The summed E-state index contributed by atoms with van der Waals surface area (Å²) in [5, 5.41) is 9.14. The first-order valence-corrected chi connectivity index (χ1v) is 6.67. The minimum Gasteiger partial charge on any atom is -0.481 e. The minimum atomic E-state index is -0.969. The molecule has 0 saturated carbocycles. The molecule has 8 heteroatoms. The average Bonchev–Trinajstić information content (AvgIpc) is 2.40. The van der Waals surface area contributed by atoms with Gasteiger partial charge in [0.1, 0.15) is 10.8 Å². The predicted molar refractivity (Wildman–Crippen MR) is 72.2 cm³/mol. The Morgan fingerprint density at radius 1 is 1.45 bits per heavy atom. The number of carboxylic acids is 1. The Morgan fingerprint density at radius 2 is 2.20 bits per heavy atom. The van der Waals surface area contributed by atoms with Crippen LogP contribution in [0.5, 0.6) is 0 Å². The molecule has 1 amide bonds. The molecule has 1 saturated heterocycles. The molecule has 0 bridgehead atoms. The molecular weight excluding hydrogens is 307 g/mol. The van der Waals surface area contributed by atoms with Crippen molar-refractivity contribution in [2.75, 3.05) is 19.7 Å².